The highest BCUT2D eigenvalue weighted by Gasteiger charge is 2.35. The van der Waals surface area contributed by atoms with Crippen molar-refractivity contribution in [3.05, 3.63) is 64.4 Å². The van der Waals surface area contributed by atoms with Gasteiger partial charge in [-0.05, 0) is 42.0 Å². The fourth-order valence-corrected chi connectivity index (χ4v) is 2.72. The molecule has 1 saturated heterocycles. The molecule has 6 heteroatoms. The number of anilines is 1. The Balaban J connectivity index is 1.92. The molecule has 1 aliphatic heterocycles. The quantitative estimate of drug-likeness (QED) is 0.627. The summed E-state index contributed by atoms with van der Waals surface area (Å²) in [6.45, 7) is 0. The minimum atomic E-state index is -0.532. The van der Waals surface area contributed by atoms with Gasteiger partial charge in [-0.2, -0.15) is 0 Å². The lowest BCUT2D eigenvalue weighted by atomic mass is 10.1. The molecule has 0 spiro atoms. The van der Waals surface area contributed by atoms with E-state index in [0.717, 1.165) is 4.90 Å². The number of imide groups is 1. The van der Waals surface area contributed by atoms with Crippen LogP contribution in [-0.2, 0) is 9.59 Å². The van der Waals surface area contributed by atoms with Gasteiger partial charge in [-0.3, -0.25) is 9.59 Å². The molecule has 1 fully saturated rings. The van der Waals surface area contributed by atoms with Crippen molar-refractivity contribution in [1.82, 2.24) is 0 Å². The van der Waals surface area contributed by atoms with Crippen molar-refractivity contribution in [3.63, 3.8) is 0 Å². The van der Waals surface area contributed by atoms with Gasteiger partial charge in [0.2, 0.25) is 5.91 Å². The average Bonchev–Trinajstić information content (AvgIpc) is 2.81. The van der Waals surface area contributed by atoms with Crippen LogP contribution in [0.25, 0.3) is 6.08 Å². The van der Waals surface area contributed by atoms with E-state index >= 15 is 0 Å². The number of hydrogen-bond donors (Lipinski definition) is 0. The zero-order valence-electron chi connectivity index (χ0n) is 12.8. The molecular weight excluding hydrogens is 333 g/mol. The molecule has 0 radical (unpaired) electrons. The number of nitrogens with zero attached hydrogens (tertiary/aromatic N) is 1. The van der Waals surface area contributed by atoms with Crippen LogP contribution in [0, 0.1) is 5.82 Å². The first kappa shape index (κ1) is 16.2. The summed E-state index contributed by atoms with van der Waals surface area (Å²) in [6, 6.07) is 10.9. The highest BCUT2D eigenvalue weighted by atomic mass is 35.5. The van der Waals surface area contributed by atoms with Crippen molar-refractivity contribution in [1.29, 1.82) is 0 Å². The van der Waals surface area contributed by atoms with Gasteiger partial charge < -0.3 is 4.74 Å². The Labute approximate surface area is 143 Å². The SMILES string of the molecule is COc1ccc(/C=C2\CC(=O)N(c3cccc(Cl)c3)C2=O)cc1F. The summed E-state index contributed by atoms with van der Waals surface area (Å²) < 4.78 is 18.6. The van der Waals surface area contributed by atoms with Gasteiger partial charge in [-0.25, -0.2) is 9.29 Å². The molecule has 4 nitrogen and oxygen atoms in total. The minimum Gasteiger partial charge on any atom is -0.494 e. The van der Waals surface area contributed by atoms with E-state index < -0.39 is 11.7 Å². The van der Waals surface area contributed by atoms with Crippen molar-refractivity contribution < 1.29 is 18.7 Å². The first-order chi connectivity index (χ1) is 11.5. The van der Waals surface area contributed by atoms with Crippen LogP contribution < -0.4 is 9.64 Å². The summed E-state index contributed by atoms with van der Waals surface area (Å²) in [5, 5.41) is 0.433. The first-order valence-corrected chi connectivity index (χ1v) is 7.54. The van der Waals surface area contributed by atoms with Crippen LogP contribution in [-0.4, -0.2) is 18.9 Å². The van der Waals surface area contributed by atoms with Gasteiger partial charge in [0.25, 0.3) is 5.91 Å². The number of halogens is 2. The number of benzene rings is 2. The Kier molecular flexibility index (Phi) is 4.36. The Morgan fingerprint density at radius 3 is 2.67 bits per heavy atom. The van der Waals surface area contributed by atoms with Crippen molar-refractivity contribution in [3.8, 4) is 5.75 Å². The number of carbonyl (C=O) groups is 2. The predicted octanol–water partition coefficient (Wildman–Crippen LogP) is 3.83. The maximum absolute atomic E-state index is 13.8. The van der Waals surface area contributed by atoms with Crippen LogP contribution in [0.3, 0.4) is 0 Å². The molecule has 1 heterocycles. The van der Waals surface area contributed by atoms with Crippen molar-refractivity contribution >= 4 is 35.2 Å². The number of amides is 2. The van der Waals surface area contributed by atoms with Crippen LogP contribution in [0.15, 0.2) is 48.0 Å². The van der Waals surface area contributed by atoms with Crippen LogP contribution >= 0.6 is 11.6 Å². The fraction of sp³-hybridized carbons (Fsp3) is 0.111. The lowest BCUT2D eigenvalue weighted by Crippen LogP contribution is -2.28. The molecular formula is C18H13ClFNO3. The largest absolute Gasteiger partial charge is 0.494 e. The Morgan fingerprint density at radius 2 is 2.00 bits per heavy atom. The Morgan fingerprint density at radius 1 is 1.21 bits per heavy atom. The van der Waals surface area contributed by atoms with Crippen LogP contribution in [0.5, 0.6) is 5.75 Å². The molecule has 0 bridgehead atoms. The second-order valence-corrected chi connectivity index (χ2v) is 5.69. The van der Waals surface area contributed by atoms with Crippen molar-refractivity contribution in [2.75, 3.05) is 12.0 Å². The van der Waals surface area contributed by atoms with Gasteiger partial charge in [-0.1, -0.05) is 23.7 Å². The van der Waals surface area contributed by atoms with Gasteiger partial charge in [0.15, 0.2) is 11.6 Å². The molecule has 1 aliphatic rings. The number of hydrogen-bond acceptors (Lipinski definition) is 3. The van der Waals surface area contributed by atoms with E-state index in [4.69, 9.17) is 16.3 Å². The van der Waals surface area contributed by atoms with Crippen LogP contribution in [0.2, 0.25) is 5.02 Å². The van der Waals surface area contributed by atoms with E-state index in [1.807, 2.05) is 0 Å². The molecule has 0 unspecified atom stereocenters. The predicted molar refractivity (Wildman–Crippen MR) is 89.5 cm³/mol. The molecule has 0 aliphatic carbocycles. The summed E-state index contributed by atoms with van der Waals surface area (Å²) in [5.74, 6) is -1.19. The number of rotatable bonds is 3. The summed E-state index contributed by atoms with van der Waals surface area (Å²) in [6.07, 6.45) is 1.46. The summed E-state index contributed by atoms with van der Waals surface area (Å²) >= 11 is 5.91. The standard InChI is InChI=1S/C18H13ClFNO3/c1-24-16-6-5-11(8-15(16)20)7-12-9-17(22)21(18(12)23)14-4-2-3-13(19)10-14/h2-8,10H,9H2,1H3/b12-7+. The van der Waals surface area contributed by atoms with E-state index in [2.05, 4.69) is 0 Å². The maximum Gasteiger partial charge on any atom is 0.261 e. The lowest BCUT2D eigenvalue weighted by molar-refractivity contribution is -0.120. The van der Waals surface area contributed by atoms with Gasteiger partial charge in [0.05, 0.1) is 19.2 Å². The number of ether oxygens (including phenoxy) is 1. The summed E-state index contributed by atoms with van der Waals surface area (Å²) in [4.78, 5) is 25.8. The zero-order valence-corrected chi connectivity index (χ0v) is 13.5. The van der Waals surface area contributed by atoms with E-state index in [-0.39, 0.29) is 18.1 Å². The van der Waals surface area contributed by atoms with E-state index in [0.29, 0.717) is 21.8 Å². The second-order valence-electron chi connectivity index (χ2n) is 5.25. The van der Waals surface area contributed by atoms with Crippen LogP contribution in [0.1, 0.15) is 12.0 Å². The molecule has 24 heavy (non-hydrogen) atoms. The molecule has 0 atom stereocenters. The average molecular weight is 346 g/mol. The first-order valence-electron chi connectivity index (χ1n) is 7.16. The zero-order chi connectivity index (χ0) is 17.3. The lowest BCUT2D eigenvalue weighted by Gasteiger charge is -2.13. The van der Waals surface area contributed by atoms with Gasteiger partial charge >= 0.3 is 0 Å². The van der Waals surface area contributed by atoms with E-state index in [9.17, 15) is 14.0 Å². The van der Waals surface area contributed by atoms with Crippen molar-refractivity contribution in [2.45, 2.75) is 6.42 Å². The van der Waals surface area contributed by atoms with Gasteiger partial charge in [0.1, 0.15) is 0 Å². The summed E-state index contributed by atoms with van der Waals surface area (Å²) in [5.41, 5.74) is 1.20. The second kappa shape index (κ2) is 6.45. The maximum atomic E-state index is 13.8. The van der Waals surface area contributed by atoms with Gasteiger partial charge in [-0.15, -0.1) is 0 Å². The smallest absolute Gasteiger partial charge is 0.261 e. The molecule has 3 rings (SSSR count). The van der Waals surface area contributed by atoms with Gasteiger partial charge in [0, 0.05) is 10.6 Å². The monoisotopic (exact) mass is 345 g/mol. The molecule has 122 valence electrons. The minimum absolute atomic E-state index is 0.0427. The molecule has 0 saturated carbocycles. The normalized spacial score (nSPS) is 16.1. The molecule has 0 aromatic heterocycles. The number of carbonyl (C=O) groups excluding carboxylic acids is 2. The highest BCUT2D eigenvalue weighted by molar-refractivity contribution is 6.32. The third-order valence-corrected chi connectivity index (χ3v) is 3.89. The topological polar surface area (TPSA) is 46.6 Å². The molecule has 2 aromatic carbocycles. The highest BCUT2D eigenvalue weighted by Crippen LogP contribution is 2.29. The van der Waals surface area contributed by atoms with E-state index in [1.165, 1.54) is 25.3 Å². The third-order valence-electron chi connectivity index (χ3n) is 3.65. The number of methoxy groups -OCH3 is 1. The molecule has 2 aromatic rings. The Hall–Kier alpha value is -2.66. The molecule has 0 N–H and O–H groups in total. The summed E-state index contributed by atoms with van der Waals surface area (Å²) in [7, 11) is 1.37. The Bertz CT molecular complexity index is 863. The fourth-order valence-electron chi connectivity index (χ4n) is 2.54. The van der Waals surface area contributed by atoms with E-state index in [1.54, 1.807) is 30.3 Å². The van der Waals surface area contributed by atoms with Crippen LogP contribution in [0.4, 0.5) is 10.1 Å². The van der Waals surface area contributed by atoms with Crippen molar-refractivity contribution in [2.24, 2.45) is 0 Å². The molecule has 2 amide bonds. The third kappa shape index (κ3) is 3.03.